The number of ether oxygens (including phenoxy) is 2. The molecule has 6 heteroatoms. The first-order valence-electron chi connectivity index (χ1n) is 10.3. The van der Waals surface area contributed by atoms with E-state index < -0.39 is 0 Å². The van der Waals surface area contributed by atoms with E-state index in [9.17, 15) is 4.79 Å². The quantitative estimate of drug-likeness (QED) is 0.562. The van der Waals surface area contributed by atoms with E-state index in [0.29, 0.717) is 25.4 Å². The van der Waals surface area contributed by atoms with E-state index in [1.807, 2.05) is 41.9 Å². The summed E-state index contributed by atoms with van der Waals surface area (Å²) in [6.45, 7) is 5.23. The lowest BCUT2D eigenvalue weighted by molar-refractivity contribution is 0.0515. The Hall–Kier alpha value is -3.12. The van der Waals surface area contributed by atoms with Crippen molar-refractivity contribution < 1.29 is 14.3 Å². The monoisotopic (exact) mass is 405 g/mol. The summed E-state index contributed by atoms with van der Waals surface area (Å²) in [6, 6.07) is 18.3. The summed E-state index contributed by atoms with van der Waals surface area (Å²) in [5.41, 5.74) is 4.95. The summed E-state index contributed by atoms with van der Waals surface area (Å²) >= 11 is 0. The van der Waals surface area contributed by atoms with Gasteiger partial charge in [0.15, 0.2) is 5.69 Å². The maximum absolute atomic E-state index is 12.6. The molecule has 0 radical (unpaired) electrons. The van der Waals surface area contributed by atoms with Gasteiger partial charge in [-0.15, -0.1) is 0 Å². The van der Waals surface area contributed by atoms with Gasteiger partial charge in [-0.2, -0.15) is 5.10 Å². The summed E-state index contributed by atoms with van der Waals surface area (Å²) in [5.74, 6) is 0.512. The third-order valence-corrected chi connectivity index (χ3v) is 5.42. The van der Waals surface area contributed by atoms with Gasteiger partial charge in [-0.05, 0) is 30.2 Å². The van der Waals surface area contributed by atoms with Gasteiger partial charge >= 0.3 is 5.97 Å². The van der Waals surface area contributed by atoms with Crippen LogP contribution in [0.5, 0.6) is 5.75 Å². The van der Waals surface area contributed by atoms with E-state index in [1.54, 1.807) is 7.11 Å². The molecule has 0 atom stereocenters. The molecule has 6 nitrogen and oxygen atoms in total. The van der Waals surface area contributed by atoms with Gasteiger partial charge < -0.3 is 9.47 Å². The molecule has 1 aromatic heterocycles. The second kappa shape index (κ2) is 9.13. The average Bonchev–Trinajstić information content (AvgIpc) is 3.13. The molecule has 3 aromatic rings. The molecule has 0 fully saturated rings. The maximum Gasteiger partial charge on any atom is 0.359 e. The van der Waals surface area contributed by atoms with Crippen molar-refractivity contribution >= 4 is 5.97 Å². The van der Waals surface area contributed by atoms with Crippen LogP contribution in [-0.2, 0) is 30.8 Å². The fraction of sp³-hybridized carbons (Fsp3) is 0.333. The minimum absolute atomic E-state index is 0.341. The van der Waals surface area contributed by atoms with Crippen LogP contribution in [0.25, 0.3) is 0 Å². The van der Waals surface area contributed by atoms with Crippen LogP contribution in [0.4, 0.5) is 0 Å². The highest BCUT2D eigenvalue weighted by Gasteiger charge is 2.29. The third-order valence-electron chi connectivity index (χ3n) is 5.42. The zero-order valence-corrected chi connectivity index (χ0v) is 17.5. The highest BCUT2D eigenvalue weighted by molar-refractivity contribution is 5.89. The lowest BCUT2D eigenvalue weighted by Crippen LogP contribution is -2.31. The number of hydrogen-bond donors (Lipinski definition) is 0. The predicted octanol–water partition coefficient (Wildman–Crippen LogP) is 3.68. The third kappa shape index (κ3) is 4.39. The van der Waals surface area contributed by atoms with Gasteiger partial charge in [0.1, 0.15) is 5.75 Å². The summed E-state index contributed by atoms with van der Waals surface area (Å²) < 4.78 is 12.5. The number of methoxy groups -OCH3 is 1. The van der Waals surface area contributed by atoms with Gasteiger partial charge in [-0.25, -0.2) is 4.79 Å². The van der Waals surface area contributed by atoms with Crippen LogP contribution < -0.4 is 4.74 Å². The molecule has 0 bridgehead atoms. The Bertz CT molecular complexity index is 997. The number of hydrogen-bond acceptors (Lipinski definition) is 5. The van der Waals surface area contributed by atoms with Crippen molar-refractivity contribution in [1.82, 2.24) is 14.7 Å². The van der Waals surface area contributed by atoms with Crippen LogP contribution >= 0.6 is 0 Å². The Morgan fingerprint density at radius 1 is 1.03 bits per heavy atom. The minimum atomic E-state index is -0.341. The number of benzene rings is 2. The molecular weight excluding hydrogens is 378 g/mol. The largest absolute Gasteiger partial charge is 0.497 e. The molecule has 2 heterocycles. The molecule has 4 rings (SSSR count). The first-order chi connectivity index (χ1) is 14.7. The van der Waals surface area contributed by atoms with Crippen LogP contribution in [0, 0.1) is 0 Å². The van der Waals surface area contributed by atoms with Crippen LogP contribution in [0.1, 0.15) is 39.8 Å². The van der Waals surface area contributed by atoms with Gasteiger partial charge in [0, 0.05) is 37.3 Å². The standard InChI is InChI=1S/C24H27N3O3/c1-3-30-24(28)23-21-17-26(15-19-9-11-20(29-2)12-10-19)14-13-22(21)27(25-23)16-18-7-5-4-6-8-18/h4-12H,3,13-17H2,1-2H3. The fourth-order valence-electron chi connectivity index (χ4n) is 3.92. The van der Waals surface area contributed by atoms with Crippen LogP contribution in [0.2, 0.25) is 0 Å². The number of aromatic nitrogens is 2. The molecule has 156 valence electrons. The van der Waals surface area contributed by atoms with E-state index in [1.165, 1.54) is 11.1 Å². The first kappa shape index (κ1) is 20.2. The van der Waals surface area contributed by atoms with Crippen molar-refractivity contribution in [3.8, 4) is 5.75 Å². The van der Waals surface area contributed by atoms with Crippen LogP contribution in [0.3, 0.4) is 0 Å². The molecule has 1 aliphatic heterocycles. The number of nitrogens with zero attached hydrogens (tertiary/aromatic N) is 3. The zero-order valence-electron chi connectivity index (χ0n) is 17.5. The van der Waals surface area contributed by atoms with Gasteiger partial charge in [-0.3, -0.25) is 9.58 Å². The number of esters is 1. The molecule has 30 heavy (non-hydrogen) atoms. The van der Waals surface area contributed by atoms with Crippen molar-refractivity contribution in [2.75, 3.05) is 20.3 Å². The molecule has 2 aromatic carbocycles. The van der Waals surface area contributed by atoms with Crippen molar-refractivity contribution in [3.63, 3.8) is 0 Å². The number of fused-ring (bicyclic) bond motifs is 1. The fourth-order valence-corrected chi connectivity index (χ4v) is 3.92. The normalized spacial score (nSPS) is 13.7. The highest BCUT2D eigenvalue weighted by Crippen LogP contribution is 2.26. The Morgan fingerprint density at radius 3 is 2.47 bits per heavy atom. The average molecular weight is 405 g/mol. The predicted molar refractivity (Wildman–Crippen MR) is 115 cm³/mol. The molecule has 0 aliphatic carbocycles. The minimum Gasteiger partial charge on any atom is -0.497 e. The van der Waals surface area contributed by atoms with Crippen LogP contribution in [-0.4, -0.2) is 40.9 Å². The summed E-state index contributed by atoms with van der Waals surface area (Å²) in [7, 11) is 1.67. The molecule has 1 aliphatic rings. The second-order valence-electron chi connectivity index (χ2n) is 7.45. The van der Waals surface area contributed by atoms with Gasteiger partial charge in [0.05, 0.1) is 20.3 Å². The van der Waals surface area contributed by atoms with Gasteiger partial charge in [0.25, 0.3) is 0 Å². The topological polar surface area (TPSA) is 56.6 Å². The summed E-state index contributed by atoms with van der Waals surface area (Å²) in [5, 5.41) is 4.67. The lowest BCUT2D eigenvalue weighted by Gasteiger charge is -2.27. The Balaban J connectivity index is 1.58. The Labute approximate surface area is 177 Å². The molecule has 0 amide bonds. The Morgan fingerprint density at radius 2 is 1.77 bits per heavy atom. The van der Waals surface area contributed by atoms with Crippen molar-refractivity contribution in [2.45, 2.75) is 33.0 Å². The number of carbonyl (C=O) groups excluding carboxylic acids is 1. The van der Waals surface area contributed by atoms with E-state index in [0.717, 1.165) is 36.5 Å². The van der Waals surface area contributed by atoms with E-state index in [2.05, 4.69) is 34.3 Å². The molecule has 0 unspecified atom stereocenters. The van der Waals surface area contributed by atoms with Crippen molar-refractivity contribution in [3.05, 3.63) is 82.7 Å². The van der Waals surface area contributed by atoms with Crippen LogP contribution in [0.15, 0.2) is 54.6 Å². The first-order valence-corrected chi connectivity index (χ1v) is 10.3. The van der Waals surface area contributed by atoms with Crippen molar-refractivity contribution in [1.29, 1.82) is 0 Å². The molecular formula is C24H27N3O3. The second-order valence-corrected chi connectivity index (χ2v) is 7.45. The highest BCUT2D eigenvalue weighted by atomic mass is 16.5. The van der Waals surface area contributed by atoms with E-state index in [-0.39, 0.29) is 5.97 Å². The Kier molecular flexibility index (Phi) is 6.14. The molecule has 0 saturated heterocycles. The molecule has 0 spiro atoms. The van der Waals surface area contributed by atoms with Crippen molar-refractivity contribution in [2.24, 2.45) is 0 Å². The number of carbonyl (C=O) groups is 1. The van der Waals surface area contributed by atoms with E-state index in [4.69, 9.17) is 9.47 Å². The van der Waals surface area contributed by atoms with Gasteiger partial charge in [0.2, 0.25) is 0 Å². The summed E-state index contributed by atoms with van der Waals surface area (Å²) in [6.07, 6.45) is 0.852. The number of rotatable bonds is 7. The smallest absolute Gasteiger partial charge is 0.359 e. The molecule has 0 N–H and O–H groups in total. The maximum atomic E-state index is 12.6. The SMILES string of the molecule is CCOC(=O)c1nn(Cc2ccccc2)c2c1CN(Cc1ccc(OC)cc1)CC2. The molecule has 0 saturated carbocycles. The zero-order chi connectivity index (χ0) is 20.9. The lowest BCUT2D eigenvalue weighted by atomic mass is 10.0. The van der Waals surface area contributed by atoms with Gasteiger partial charge in [-0.1, -0.05) is 42.5 Å². The van der Waals surface area contributed by atoms with E-state index >= 15 is 0 Å². The summed E-state index contributed by atoms with van der Waals surface area (Å²) in [4.78, 5) is 14.9.